The van der Waals surface area contributed by atoms with Gasteiger partial charge in [0.1, 0.15) is 33.7 Å². The Labute approximate surface area is 733 Å². The molecule has 10 aromatic rings. The van der Waals surface area contributed by atoms with E-state index in [0.29, 0.717) is 22.2 Å². The Morgan fingerprint density at radius 2 is 0.483 bits per heavy atom. The zero-order valence-corrected chi connectivity index (χ0v) is 78.7. The number of hydrogen-bond donors (Lipinski definition) is 0. The molecule has 634 valence electrons. The number of halogens is 2. The topological polar surface area (TPSA) is 51.6 Å². The Bertz CT molecular complexity index is 4320. The molecule has 0 radical (unpaired) electrons. The van der Waals surface area contributed by atoms with E-state index in [1.165, 1.54) is 416 Å². The molecule has 116 heavy (non-hydrogen) atoms. The molecule has 0 atom stereocenters. The first-order chi connectivity index (χ1) is 57.3. The number of rotatable bonds is 65. The molecule has 0 fully saturated rings. The van der Waals surface area contributed by atoms with Crippen LogP contribution in [0.5, 0.6) is 0 Å². The minimum absolute atomic E-state index is 0.0933. The molecule has 12 rings (SSSR count). The molecule has 8 aromatic heterocycles. The molecule has 8 heterocycles. The predicted octanol–water partition coefficient (Wildman–Crippen LogP) is 38.7. The summed E-state index contributed by atoms with van der Waals surface area (Å²) in [5.74, 6) is -0.467. The minimum atomic E-state index is -0.307. The maximum atomic E-state index is 18.6. The molecular weight excluding hydrogens is 1580 g/mol. The van der Waals surface area contributed by atoms with Crippen LogP contribution in [0.4, 0.5) is 8.78 Å². The van der Waals surface area contributed by atoms with E-state index in [1.54, 1.807) is 45.6 Å². The lowest BCUT2D eigenvalue weighted by atomic mass is 9.71. The van der Waals surface area contributed by atoms with Crippen molar-refractivity contribution in [2.75, 3.05) is 0 Å². The highest BCUT2D eigenvalue weighted by Gasteiger charge is 2.48. The predicted molar refractivity (Wildman–Crippen MR) is 515 cm³/mol. The van der Waals surface area contributed by atoms with Crippen molar-refractivity contribution in [3.63, 3.8) is 0 Å². The van der Waals surface area contributed by atoms with Crippen LogP contribution < -0.4 is 0 Å². The van der Waals surface area contributed by atoms with Crippen molar-refractivity contribution in [3.05, 3.63) is 105 Å². The molecule has 2 aliphatic rings. The van der Waals surface area contributed by atoms with Gasteiger partial charge in [0.2, 0.25) is 0 Å². The summed E-state index contributed by atoms with van der Waals surface area (Å²) in [7, 11) is 0. The van der Waals surface area contributed by atoms with E-state index in [-0.39, 0.29) is 22.5 Å². The lowest BCUT2D eigenvalue weighted by Crippen LogP contribution is -2.25. The first-order valence-electron chi connectivity index (χ1n) is 47.9. The Hall–Kier alpha value is -3.86. The van der Waals surface area contributed by atoms with Gasteiger partial charge in [-0.1, -0.05) is 399 Å². The highest BCUT2D eigenvalue weighted by molar-refractivity contribution is 7.28. The van der Waals surface area contributed by atoms with Crippen LogP contribution in [-0.4, -0.2) is 17.5 Å². The van der Waals surface area contributed by atoms with Crippen molar-refractivity contribution in [2.45, 2.75) is 424 Å². The second-order valence-electron chi connectivity index (χ2n) is 35.4. The maximum Gasteiger partial charge on any atom is 0.134 e. The molecular formula is C102H144F2N4S8. The van der Waals surface area contributed by atoms with E-state index in [9.17, 15) is 0 Å². The zero-order valence-electron chi connectivity index (χ0n) is 72.2. The normalized spacial score (nSPS) is 13.4. The molecule has 4 nitrogen and oxygen atoms in total. The smallest absolute Gasteiger partial charge is 0.134 e. The van der Waals surface area contributed by atoms with Crippen LogP contribution in [0.2, 0.25) is 0 Å². The summed E-state index contributed by atoms with van der Waals surface area (Å²) < 4.78 is 56.2. The summed E-state index contributed by atoms with van der Waals surface area (Å²) in [5, 5.41) is 4.29. The van der Waals surface area contributed by atoms with Gasteiger partial charge in [0.25, 0.3) is 0 Å². The zero-order chi connectivity index (χ0) is 80.3. The van der Waals surface area contributed by atoms with E-state index >= 15 is 8.78 Å². The molecule has 2 aliphatic carbocycles. The molecule has 0 bridgehead atoms. The van der Waals surface area contributed by atoms with E-state index in [1.807, 2.05) is 46.1 Å². The molecule has 0 unspecified atom stereocenters. The molecule has 0 amide bonds. The van der Waals surface area contributed by atoms with Gasteiger partial charge < -0.3 is 0 Å². The standard InChI is InChI=1S/C102H144F2N4S8/c1-5-9-13-17-21-25-29-33-37-41-45-49-53-57-65-101(66-58-54-50-46-42-38-34-30-26-22-18-14-10-6-2)79-73-87(111-97(79)98-80(101)74-88(112-98)86-64-62-70-110-86)78-72-84(104)92(96-94(78)106-116-108-96)90-76-82-100(114-90)99-81(75-89(113-99)91-83(103)71-77(85-63-61-69-109-85)93-95(91)107-115-105-93)102(82,67-59-55-51-47-43-39-35-31-27-23-19-15-11-7-3)68-60-56-52-48-44-40-36-32-28-24-20-16-12-8-4/h61-64,69-76H,5-60,65-68H2,1-4H3. The second kappa shape index (κ2) is 50.0. The molecule has 0 N–H and O–H groups in total. The average Bonchev–Trinajstić information content (AvgIpc) is 1.54. The number of benzene rings is 2. The van der Waals surface area contributed by atoms with Gasteiger partial charge in [-0.2, -0.15) is 17.5 Å². The molecule has 0 saturated carbocycles. The number of nitrogens with zero attached hydrogens (tertiary/aromatic N) is 4. The summed E-state index contributed by atoms with van der Waals surface area (Å²) in [4.78, 5) is 12.0. The Morgan fingerprint density at radius 1 is 0.250 bits per heavy atom. The molecule has 0 aliphatic heterocycles. The van der Waals surface area contributed by atoms with Crippen molar-refractivity contribution >= 4 is 114 Å². The summed E-state index contributed by atoms with van der Waals surface area (Å²) in [5.41, 5.74) is 11.1. The average molecular weight is 1720 g/mol. The van der Waals surface area contributed by atoms with Crippen LogP contribution in [0.3, 0.4) is 0 Å². The van der Waals surface area contributed by atoms with Gasteiger partial charge in [0.15, 0.2) is 0 Å². The summed E-state index contributed by atoms with van der Waals surface area (Å²) in [6.45, 7) is 9.25. The van der Waals surface area contributed by atoms with Crippen molar-refractivity contribution in [3.8, 4) is 71.0 Å². The first-order valence-corrected chi connectivity index (χ1v) is 54.4. The quantitative estimate of drug-likeness (QED) is 0.0357. The van der Waals surface area contributed by atoms with E-state index in [2.05, 4.69) is 80.9 Å². The highest BCUT2D eigenvalue weighted by Crippen LogP contribution is 2.65. The number of fused-ring (bicyclic) bond motifs is 8. The van der Waals surface area contributed by atoms with E-state index < -0.39 is 0 Å². The van der Waals surface area contributed by atoms with Crippen molar-refractivity contribution in [1.29, 1.82) is 0 Å². The van der Waals surface area contributed by atoms with Gasteiger partial charge in [-0.3, -0.25) is 0 Å². The number of hydrogen-bond acceptors (Lipinski definition) is 12. The molecule has 0 saturated heterocycles. The SMILES string of the molecule is CCCCCCCCCCCCCCCCC1(CCCCCCCCCCCCCCCC)c2cc(-c3cccs3)sc2-c2sc(-c3cc(F)c(-c4cc5c(s4)-c4sc(-c6c(F)cc(-c7cccs7)c7nsnc67)cc4C5(CCCCCCCCCCCCCCCC)CCCCCCCCCCCCCCCC)c4nsnc34)cc21. The van der Waals surface area contributed by atoms with Crippen LogP contribution in [0.15, 0.2) is 71.4 Å². The van der Waals surface area contributed by atoms with E-state index in [0.717, 1.165) is 80.2 Å². The van der Waals surface area contributed by atoms with Gasteiger partial charge in [-0.25, -0.2) is 8.78 Å². The fourth-order valence-corrected chi connectivity index (χ4v) is 27.9. The monoisotopic (exact) mass is 1720 g/mol. The summed E-state index contributed by atoms with van der Waals surface area (Å²) in [6.07, 6.45) is 79.4. The first kappa shape index (κ1) is 91.3. The maximum absolute atomic E-state index is 18.6. The van der Waals surface area contributed by atoms with Gasteiger partial charge in [-0.15, -0.1) is 68.0 Å². The number of thiophene rings is 6. The summed E-state index contributed by atoms with van der Waals surface area (Å²) >= 11 is 13.3. The third kappa shape index (κ3) is 24.8. The molecule has 0 spiro atoms. The fourth-order valence-electron chi connectivity index (χ4n) is 19.8. The number of unbranched alkanes of at least 4 members (excludes halogenated alkanes) is 52. The third-order valence-corrected chi connectivity index (χ3v) is 34.5. The summed E-state index contributed by atoms with van der Waals surface area (Å²) in [6, 6.07) is 22.2. The van der Waals surface area contributed by atoms with Crippen LogP contribution in [0.25, 0.3) is 93.1 Å². The second-order valence-corrected chi connectivity index (χ2v) is 42.6. The third-order valence-electron chi connectivity index (χ3n) is 26.5. The van der Waals surface area contributed by atoms with Gasteiger partial charge >= 0.3 is 0 Å². The van der Waals surface area contributed by atoms with Gasteiger partial charge in [-0.05, 0) is 107 Å². The van der Waals surface area contributed by atoms with Crippen molar-refractivity contribution in [2.24, 2.45) is 0 Å². The lowest BCUT2D eigenvalue weighted by Gasteiger charge is -2.31. The lowest BCUT2D eigenvalue weighted by molar-refractivity contribution is 0.397. The Balaban J connectivity index is 0.833. The molecule has 14 heteroatoms. The Kier molecular flexibility index (Phi) is 39.4. The van der Waals surface area contributed by atoms with Crippen molar-refractivity contribution < 1.29 is 8.78 Å². The van der Waals surface area contributed by atoms with Crippen LogP contribution in [0.1, 0.15) is 435 Å². The van der Waals surface area contributed by atoms with Crippen LogP contribution >= 0.6 is 91.5 Å². The van der Waals surface area contributed by atoms with Gasteiger partial charge in [0.05, 0.1) is 34.6 Å². The highest BCUT2D eigenvalue weighted by atomic mass is 32.1. The number of aromatic nitrogens is 4. The minimum Gasteiger partial charge on any atom is -0.206 e. The van der Waals surface area contributed by atoms with Crippen molar-refractivity contribution in [1.82, 2.24) is 17.5 Å². The largest absolute Gasteiger partial charge is 0.206 e. The Morgan fingerprint density at radius 3 is 0.767 bits per heavy atom. The fraction of sp³-hybridized carbons (Fsp3) is 0.647. The van der Waals surface area contributed by atoms with Crippen LogP contribution in [0, 0.1) is 11.6 Å². The van der Waals surface area contributed by atoms with E-state index in [4.69, 9.17) is 17.5 Å². The molecule has 2 aromatic carbocycles. The van der Waals surface area contributed by atoms with Crippen LogP contribution in [-0.2, 0) is 10.8 Å². The van der Waals surface area contributed by atoms with Gasteiger partial charge in [0, 0.05) is 70.7 Å².